The first-order valence-corrected chi connectivity index (χ1v) is 20.5. The lowest BCUT2D eigenvalue weighted by Gasteiger charge is -2.40. The van der Waals surface area contributed by atoms with Crippen molar-refractivity contribution < 1.29 is 41.1 Å². The summed E-state index contributed by atoms with van der Waals surface area (Å²) in [6, 6.07) is 22.4. The van der Waals surface area contributed by atoms with Gasteiger partial charge in [0, 0.05) is 36.7 Å². The SMILES string of the molecule is COc1ccccc1COCCCOc1ccc([C@H]2CCN(C(=O)OC(C)(C)C)C[C@@H]2OC(CCCOS(C)(=O)=O)c2ccc3c(c2)NCCC3)cc1. The van der Waals surface area contributed by atoms with E-state index in [9.17, 15) is 13.2 Å². The van der Waals surface area contributed by atoms with Crippen LogP contribution in [0.2, 0.25) is 0 Å². The molecular weight excluding hydrogens is 697 g/mol. The minimum absolute atomic E-state index is 0.00311. The van der Waals surface area contributed by atoms with E-state index >= 15 is 0 Å². The molecule has 3 aromatic carbocycles. The number of amides is 1. The van der Waals surface area contributed by atoms with Crippen molar-refractivity contribution >= 4 is 21.9 Å². The number of para-hydroxylation sites is 1. The molecule has 0 aliphatic carbocycles. The summed E-state index contributed by atoms with van der Waals surface area (Å²) in [5.41, 5.74) is 4.86. The molecule has 1 saturated heterocycles. The van der Waals surface area contributed by atoms with Crippen molar-refractivity contribution in [2.24, 2.45) is 0 Å². The van der Waals surface area contributed by atoms with Gasteiger partial charge in [0.05, 0.1) is 58.5 Å². The zero-order chi connectivity index (χ0) is 37.8. The third-order valence-electron chi connectivity index (χ3n) is 9.36. The Balaban J connectivity index is 1.27. The Bertz CT molecular complexity index is 1730. The average Bonchev–Trinajstić information content (AvgIpc) is 3.13. The second kappa shape index (κ2) is 19.0. The van der Waals surface area contributed by atoms with Crippen LogP contribution in [0.25, 0.3) is 0 Å². The van der Waals surface area contributed by atoms with E-state index in [1.807, 2.05) is 57.2 Å². The highest BCUT2D eigenvalue weighted by atomic mass is 32.2. The van der Waals surface area contributed by atoms with Gasteiger partial charge in [0.1, 0.15) is 17.1 Å². The van der Waals surface area contributed by atoms with Crippen LogP contribution in [0.5, 0.6) is 11.5 Å². The number of piperidine rings is 1. The van der Waals surface area contributed by atoms with Gasteiger partial charge in [-0.1, -0.05) is 42.5 Å². The summed E-state index contributed by atoms with van der Waals surface area (Å²) in [5.74, 6) is 1.58. The van der Waals surface area contributed by atoms with Crippen molar-refractivity contribution in [2.45, 2.75) is 89.6 Å². The van der Waals surface area contributed by atoms with Crippen LogP contribution in [0.3, 0.4) is 0 Å². The number of hydrogen-bond donors (Lipinski definition) is 1. The first-order valence-electron chi connectivity index (χ1n) is 18.7. The summed E-state index contributed by atoms with van der Waals surface area (Å²) in [6.45, 7) is 9.02. The van der Waals surface area contributed by atoms with Crippen molar-refractivity contribution in [3.63, 3.8) is 0 Å². The summed E-state index contributed by atoms with van der Waals surface area (Å²) >= 11 is 0. The molecule has 3 atom stereocenters. The Kier molecular flexibility index (Phi) is 14.4. The Morgan fingerprint density at radius 1 is 1.00 bits per heavy atom. The van der Waals surface area contributed by atoms with Gasteiger partial charge in [0.25, 0.3) is 10.1 Å². The number of likely N-dealkylation sites (tertiary alicyclic amines) is 1. The average molecular weight is 753 g/mol. The van der Waals surface area contributed by atoms with Gasteiger partial charge in [0.2, 0.25) is 0 Å². The molecule has 53 heavy (non-hydrogen) atoms. The minimum Gasteiger partial charge on any atom is -0.496 e. The lowest BCUT2D eigenvalue weighted by Crippen LogP contribution is -2.48. The number of methoxy groups -OCH3 is 1. The van der Waals surface area contributed by atoms with E-state index in [-0.39, 0.29) is 30.8 Å². The maximum atomic E-state index is 13.3. The lowest BCUT2D eigenvalue weighted by atomic mass is 9.86. The predicted molar refractivity (Wildman–Crippen MR) is 205 cm³/mol. The zero-order valence-corrected chi connectivity index (χ0v) is 32.6. The fourth-order valence-electron chi connectivity index (χ4n) is 6.78. The Hall–Kier alpha value is -3.84. The van der Waals surface area contributed by atoms with Gasteiger partial charge < -0.3 is 33.9 Å². The van der Waals surface area contributed by atoms with Crippen LogP contribution in [-0.2, 0) is 41.5 Å². The van der Waals surface area contributed by atoms with Crippen molar-refractivity contribution in [1.82, 2.24) is 4.90 Å². The number of nitrogens with zero attached hydrogens (tertiary/aromatic N) is 1. The van der Waals surface area contributed by atoms with E-state index in [2.05, 4.69) is 35.6 Å². The highest BCUT2D eigenvalue weighted by Gasteiger charge is 2.37. The number of hydrogen-bond acceptors (Lipinski definition) is 10. The second-order valence-corrected chi connectivity index (χ2v) is 16.4. The molecule has 0 radical (unpaired) electrons. The molecule has 0 bridgehead atoms. The van der Waals surface area contributed by atoms with Gasteiger partial charge in [-0.15, -0.1) is 0 Å². The molecule has 11 nitrogen and oxygen atoms in total. The number of fused-ring (bicyclic) bond motifs is 1. The van der Waals surface area contributed by atoms with E-state index in [1.54, 1.807) is 12.0 Å². The van der Waals surface area contributed by atoms with Crippen LogP contribution in [0.1, 0.15) is 87.2 Å². The van der Waals surface area contributed by atoms with Crippen LogP contribution >= 0.6 is 0 Å². The Labute approximate surface area is 315 Å². The molecule has 1 amide bonds. The number of carbonyl (C=O) groups is 1. The topological polar surface area (TPSA) is 122 Å². The predicted octanol–water partition coefficient (Wildman–Crippen LogP) is 7.65. The summed E-state index contributed by atoms with van der Waals surface area (Å²) in [6.07, 6.45) is 4.53. The van der Waals surface area contributed by atoms with Crippen molar-refractivity contribution in [3.05, 3.63) is 89.0 Å². The van der Waals surface area contributed by atoms with Crippen LogP contribution in [0.15, 0.2) is 66.7 Å². The smallest absolute Gasteiger partial charge is 0.410 e. The van der Waals surface area contributed by atoms with E-state index in [4.69, 9.17) is 27.9 Å². The van der Waals surface area contributed by atoms with Crippen molar-refractivity contribution in [3.8, 4) is 11.5 Å². The minimum atomic E-state index is -3.56. The Morgan fingerprint density at radius 3 is 2.55 bits per heavy atom. The van der Waals surface area contributed by atoms with Gasteiger partial charge in [-0.2, -0.15) is 8.42 Å². The molecule has 290 valence electrons. The monoisotopic (exact) mass is 752 g/mol. The fourth-order valence-corrected chi connectivity index (χ4v) is 7.20. The highest BCUT2D eigenvalue weighted by Crippen LogP contribution is 2.38. The lowest BCUT2D eigenvalue weighted by molar-refractivity contribution is -0.0686. The number of rotatable bonds is 17. The molecule has 12 heteroatoms. The first kappa shape index (κ1) is 40.3. The molecule has 3 aromatic rings. The van der Waals surface area contributed by atoms with Crippen LogP contribution in [-0.4, -0.2) is 83.9 Å². The quantitative estimate of drug-likeness (QED) is 0.109. The highest BCUT2D eigenvalue weighted by molar-refractivity contribution is 7.85. The molecule has 1 unspecified atom stereocenters. The van der Waals surface area contributed by atoms with E-state index in [1.165, 1.54) is 5.56 Å². The second-order valence-electron chi connectivity index (χ2n) is 14.7. The number of anilines is 1. The maximum absolute atomic E-state index is 13.3. The molecule has 1 N–H and O–H groups in total. The van der Waals surface area contributed by atoms with Crippen molar-refractivity contribution in [1.29, 1.82) is 0 Å². The van der Waals surface area contributed by atoms with Gasteiger partial charge in [-0.3, -0.25) is 4.18 Å². The summed E-state index contributed by atoms with van der Waals surface area (Å²) in [4.78, 5) is 15.0. The maximum Gasteiger partial charge on any atom is 0.410 e. The van der Waals surface area contributed by atoms with Crippen LogP contribution in [0, 0.1) is 0 Å². The number of aryl methyl sites for hydroxylation is 1. The van der Waals surface area contributed by atoms with Crippen molar-refractivity contribution in [2.75, 3.05) is 58.1 Å². The molecule has 5 rings (SSSR count). The van der Waals surface area contributed by atoms with E-state index in [0.29, 0.717) is 52.2 Å². The third kappa shape index (κ3) is 12.6. The first-order chi connectivity index (χ1) is 25.4. The zero-order valence-electron chi connectivity index (χ0n) is 31.8. The number of nitrogens with one attached hydrogen (secondary N) is 1. The van der Waals surface area contributed by atoms with Crippen LogP contribution in [0.4, 0.5) is 10.5 Å². The molecular formula is C41H56N2O9S. The number of carbonyl (C=O) groups excluding carboxylic acids is 1. The van der Waals surface area contributed by atoms with Gasteiger partial charge in [-0.05, 0) is 93.8 Å². The van der Waals surface area contributed by atoms with Crippen LogP contribution < -0.4 is 14.8 Å². The van der Waals surface area contributed by atoms with Gasteiger partial charge >= 0.3 is 6.09 Å². The molecule has 2 heterocycles. The summed E-state index contributed by atoms with van der Waals surface area (Å²) in [5, 5.41) is 3.52. The number of benzene rings is 3. The fraction of sp³-hybridized carbons (Fsp3) is 0.537. The standard InChI is InChI=1S/C41H56N2O9S/c1-41(2,3)52-40(44)43-23-21-35(30-17-19-34(20-18-30)49-25-10-24-48-29-33-11-6-7-13-37(33)47-4)39(28-43)51-38(14-9-26-50-53(5,45)46)32-16-15-31-12-8-22-42-36(31)27-32/h6-7,11,13,15-20,27,35,38-39,42H,8-10,12,14,21-26,28-29H2,1-5H3/t35-,38?,39+/m1/s1. The van der Waals surface area contributed by atoms with Gasteiger partial charge in [-0.25, -0.2) is 4.79 Å². The van der Waals surface area contributed by atoms with E-state index in [0.717, 1.165) is 65.9 Å². The largest absolute Gasteiger partial charge is 0.496 e. The molecule has 0 spiro atoms. The molecule has 2 aliphatic heterocycles. The van der Waals surface area contributed by atoms with E-state index < -0.39 is 15.7 Å². The summed E-state index contributed by atoms with van der Waals surface area (Å²) < 4.78 is 58.5. The van der Waals surface area contributed by atoms with Gasteiger partial charge in [0.15, 0.2) is 0 Å². The summed E-state index contributed by atoms with van der Waals surface area (Å²) in [7, 11) is -1.90. The third-order valence-corrected chi connectivity index (χ3v) is 9.96. The number of ether oxygens (including phenoxy) is 5. The Morgan fingerprint density at radius 2 is 1.79 bits per heavy atom. The molecule has 2 aliphatic rings. The normalized spacial score (nSPS) is 18.1. The molecule has 0 saturated carbocycles. The molecule has 1 fully saturated rings. The molecule has 0 aromatic heterocycles.